The maximum Gasteiger partial charge on any atom is 0.180 e. The van der Waals surface area contributed by atoms with E-state index in [1.54, 1.807) is 30.3 Å². The molecule has 0 unspecified atom stereocenters. The van der Waals surface area contributed by atoms with E-state index in [1.807, 2.05) is 0 Å². The Balaban J connectivity index is 2.54. The van der Waals surface area contributed by atoms with Crippen LogP contribution >= 0.6 is 0 Å². The molecule has 0 N–H and O–H groups in total. The van der Waals surface area contributed by atoms with Gasteiger partial charge in [-0.1, -0.05) is 36.4 Å². The predicted octanol–water partition coefficient (Wildman–Crippen LogP) is 4.29. The molecule has 0 atom stereocenters. The van der Waals surface area contributed by atoms with Crippen LogP contribution in [-0.4, -0.2) is 0 Å². The van der Waals surface area contributed by atoms with Crippen molar-refractivity contribution in [2.45, 2.75) is 0 Å². The molecule has 0 aliphatic carbocycles. The van der Waals surface area contributed by atoms with Crippen molar-refractivity contribution in [3.8, 4) is 6.07 Å². The standard InChI is InChI=1S/C15H7F4N/c16-12-10(7-6-9-4-2-1-3-5-9)13(17)15(19)11(8-20)14(12)18/h1-7H/b7-6+. The van der Waals surface area contributed by atoms with Gasteiger partial charge in [-0.3, -0.25) is 0 Å². The second-order valence-corrected chi connectivity index (χ2v) is 3.90. The number of hydrogen-bond donors (Lipinski definition) is 0. The molecule has 0 aromatic heterocycles. The molecule has 0 radical (unpaired) electrons. The van der Waals surface area contributed by atoms with Gasteiger partial charge in [0.1, 0.15) is 11.6 Å². The Morgan fingerprint density at radius 3 is 1.85 bits per heavy atom. The number of halogens is 4. The third-order valence-corrected chi connectivity index (χ3v) is 2.65. The van der Waals surface area contributed by atoms with Crippen LogP contribution in [0.15, 0.2) is 30.3 Å². The zero-order valence-electron chi connectivity index (χ0n) is 10.0. The van der Waals surface area contributed by atoms with E-state index in [4.69, 9.17) is 5.26 Å². The van der Waals surface area contributed by atoms with Gasteiger partial charge in [-0.25, -0.2) is 17.6 Å². The Morgan fingerprint density at radius 2 is 1.35 bits per heavy atom. The number of benzene rings is 2. The average molecular weight is 277 g/mol. The summed E-state index contributed by atoms with van der Waals surface area (Å²) in [5, 5.41) is 8.47. The first-order chi connectivity index (χ1) is 9.56. The summed E-state index contributed by atoms with van der Waals surface area (Å²) < 4.78 is 54.0. The molecule has 0 spiro atoms. The zero-order valence-corrected chi connectivity index (χ0v) is 10.0. The third kappa shape index (κ3) is 2.41. The van der Waals surface area contributed by atoms with Crippen molar-refractivity contribution in [2.24, 2.45) is 0 Å². The molecular formula is C15H7F4N. The number of rotatable bonds is 2. The quantitative estimate of drug-likeness (QED) is 0.456. The Hall–Kier alpha value is -2.61. The minimum Gasteiger partial charge on any atom is -0.203 e. The summed E-state index contributed by atoms with van der Waals surface area (Å²) >= 11 is 0. The van der Waals surface area contributed by atoms with Crippen LogP contribution in [0.1, 0.15) is 16.7 Å². The van der Waals surface area contributed by atoms with Gasteiger partial charge >= 0.3 is 0 Å². The predicted molar refractivity (Wildman–Crippen MR) is 66.4 cm³/mol. The van der Waals surface area contributed by atoms with Crippen LogP contribution < -0.4 is 0 Å². The summed E-state index contributed by atoms with van der Waals surface area (Å²) in [6, 6.07) is 9.55. The van der Waals surface area contributed by atoms with Crippen LogP contribution in [-0.2, 0) is 0 Å². The van der Waals surface area contributed by atoms with E-state index in [0.29, 0.717) is 5.56 Å². The van der Waals surface area contributed by atoms with Crippen molar-refractivity contribution in [3.63, 3.8) is 0 Å². The molecule has 1 nitrogen and oxygen atoms in total. The third-order valence-electron chi connectivity index (χ3n) is 2.65. The summed E-state index contributed by atoms with van der Waals surface area (Å²) in [5.41, 5.74) is -1.52. The fraction of sp³-hybridized carbons (Fsp3) is 0. The summed E-state index contributed by atoms with van der Waals surface area (Å²) in [6.07, 6.45) is 2.24. The van der Waals surface area contributed by atoms with Crippen molar-refractivity contribution >= 4 is 12.2 Å². The van der Waals surface area contributed by atoms with Gasteiger partial charge in [-0.05, 0) is 11.6 Å². The average Bonchev–Trinajstić information content (AvgIpc) is 2.47. The van der Waals surface area contributed by atoms with Crippen molar-refractivity contribution < 1.29 is 17.6 Å². The van der Waals surface area contributed by atoms with Gasteiger partial charge in [-0.2, -0.15) is 5.26 Å². The van der Waals surface area contributed by atoms with Crippen molar-refractivity contribution in [1.82, 2.24) is 0 Å². The van der Waals surface area contributed by atoms with E-state index in [1.165, 1.54) is 6.08 Å². The van der Waals surface area contributed by atoms with Gasteiger partial charge in [0.2, 0.25) is 0 Å². The van der Waals surface area contributed by atoms with Crippen LogP contribution in [0.5, 0.6) is 0 Å². The smallest absolute Gasteiger partial charge is 0.180 e. The summed E-state index contributed by atoms with van der Waals surface area (Å²) in [4.78, 5) is 0. The van der Waals surface area contributed by atoms with Crippen molar-refractivity contribution in [1.29, 1.82) is 5.26 Å². The molecule has 2 aromatic rings. The highest BCUT2D eigenvalue weighted by molar-refractivity contribution is 5.70. The topological polar surface area (TPSA) is 23.8 Å². The highest BCUT2D eigenvalue weighted by Gasteiger charge is 2.23. The van der Waals surface area contributed by atoms with Gasteiger partial charge in [-0.15, -0.1) is 0 Å². The lowest BCUT2D eigenvalue weighted by Crippen LogP contribution is -2.03. The van der Waals surface area contributed by atoms with Crippen molar-refractivity contribution in [3.05, 3.63) is 70.3 Å². The normalized spacial score (nSPS) is 10.8. The molecule has 0 aliphatic heterocycles. The number of nitriles is 1. The highest BCUT2D eigenvalue weighted by atomic mass is 19.2. The fourth-order valence-electron chi connectivity index (χ4n) is 1.64. The van der Waals surface area contributed by atoms with E-state index in [-0.39, 0.29) is 0 Å². The molecule has 20 heavy (non-hydrogen) atoms. The van der Waals surface area contributed by atoms with Gasteiger partial charge in [0.25, 0.3) is 0 Å². The molecule has 2 aromatic carbocycles. The van der Waals surface area contributed by atoms with Gasteiger partial charge < -0.3 is 0 Å². The van der Waals surface area contributed by atoms with E-state index < -0.39 is 34.4 Å². The monoisotopic (exact) mass is 277 g/mol. The van der Waals surface area contributed by atoms with E-state index in [9.17, 15) is 17.6 Å². The van der Waals surface area contributed by atoms with E-state index >= 15 is 0 Å². The Bertz CT molecular complexity index is 686. The number of nitrogens with zero attached hydrogens (tertiary/aromatic N) is 1. The van der Waals surface area contributed by atoms with E-state index in [2.05, 4.69) is 0 Å². The molecule has 0 heterocycles. The van der Waals surface area contributed by atoms with Crippen LogP contribution in [0.25, 0.3) is 12.2 Å². The highest BCUT2D eigenvalue weighted by Crippen LogP contribution is 2.25. The first-order valence-corrected chi connectivity index (χ1v) is 5.55. The molecule has 0 saturated heterocycles. The van der Waals surface area contributed by atoms with Crippen LogP contribution in [0.3, 0.4) is 0 Å². The SMILES string of the molecule is N#Cc1c(F)c(F)c(/C=C/c2ccccc2)c(F)c1F. The molecule has 0 fully saturated rings. The molecule has 0 amide bonds. The van der Waals surface area contributed by atoms with E-state index in [0.717, 1.165) is 12.1 Å². The van der Waals surface area contributed by atoms with Gasteiger partial charge in [0, 0.05) is 0 Å². The van der Waals surface area contributed by atoms with Crippen LogP contribution in [0.2, 0.25) is 0 Å². The summed E-state index contributed by atoms with van der Waals surface area (Å²) in [6.45, 7) is 0. The van der Waals surface area contributed by atoms with Crippen LogP contribution in [0.4, 0.5) is 17.6 Å². The Morgan fingerprint density at radius 1 is 0.800 bits per heavy atom. The number of hydrogen-bond acceptors (Lipinski definition) is 1. The maximum atomic E-state index is 13.6. The minimum atomic E-state index is -1.70. The van der Waals surface area contributed by atoms with Crippen LogP contribution in [0, 0.1) is 34.6 Å². The second kappa shape index (κ2) is 5.57. The molecule has 0 saturated carbocycles. The molecule has 5 heteroatoms. The van der Waals surface area contributed by atoms with Gasteiger partial charge in [0.05, 0.1) is 5.56 Å². The first-order valence-electron chi connectivity index (χ1n) is 5.55. The second-order valence-electron chi connectivity index (χ2n) is 3.90. The lowest BCUT2D eigenvalue weighted by atomic mass is 10.1. The molecule has 100 valence electrons. The molecular weight excluding hydrogens is 270 g/mol. The molecule has 0 aliphatic rings. The fourth-order valence-corrected chi connectivity index (χ4v) is 1.64. The summed E-state index contributed by atoms with van der Waals surface area (Å²) in [7, 11) is 0. The zero-order chi connectivity index (χ0) is 14.7. The Labute approximate surface area is 112 Å². The Kier molecular flexibility index (Phi) is 3.85. The summed E-state index contributed by atoms with van der Waals surface area (Å²) in [5.74, 6) is -6.57. The maximum absolute atomic E-state index is 13.6. The first kappa shape index (κ1) is 13.8. The lowest BCUT2D eigenvalue weighted by molar-refractivity contribution is 0.447. The lowest BCUT2D eigenvalue weighted by Gasteiger charge is -2.04. The van der Waals surface area contributed by atoms with Crippen molar-refractivity contribution in [2.75, 3.05) is 0 Å². The molecule has 2 rings (SSSR count). The van der Waals surface area contributed by atoms with Gasteiger partial charge in [0.15, 0.2) is 23.3 Å². The molecule has 0 bridgehead atoms. The largest absolute Gasteiger partial charge is 0.203 e. The minimum absolute atomic E-state index is 0.608.